The zero-order valence-electron chi connectivity index (χ0n) is 10.7. The SMILES string of the molecule is Cc1ccc([N+](=O)[O-])c(N2CCCC2CC(=O)O)c1. The number of aryl methyl sites for hydroxylation is 1. The van der Waals surface area contributed by atoms with Gasteiger partial charge < -0.3 is 10.0 Å². The molecule has 0 aromatic heterocycles. The van der Waals surface area contributed by atoms with E-state index in [0.717, 1.165) is 18.4 Å². The summed E-state index contributed by atoms with van der Waals surface area (Å²) in [5.41, 5.74) is 1.51. The lowest BCUT2D eigenvalue weighted by atomic mass is 10.1. The van der Waals surface area contributed by atoms with Gasteiger partial charge in [0.2, 0.25) is 0 Å². The molecule has 1 aliphatic heterocycles. The molecule has 0 radical (unpaired) electrons. The molecule has 2 rings (SSSR count). The highest BCUT2D eigenvalue weighted by Gasteiger charge is 2.31. The number of aliphatic carboxylic acids is 1. The summed E-state index contributed by atoms with van der Waals surface area (Å²) in [6, 6.07) is 4.79. The molecule has 102 valence electrons. The van der Waals surface area contributed by atoms with Crippen molar-refractivity contribution < 1.29 is 14.8 Å². The van der Waals surface area contributed by atoms with Crippen molar-refractivity contribution in [3.63, 3.8) is 0 Å². The number of benzene rings is 1. The van der Waals surface area contributed by atoms with Crippen LogP contribution in [-0.2, 0) is 4.79 Å². The van der Waals surface area contributed by atoms with E-state index in [-0.39, 0.29) is 18.2 Å². The molecule has 0 saturated carbocycles. The Labute approximate surface area is 110 Å². The quantitative estimate of drug-likeness (QED) is 0.666. The molecule has 0 bridgehead atoms. The first-order valence-electron chi connectivity index (χ1n) is 6.22. The summed E-state index contributed by atoms with van der Waals surface area (Å²) >= 11 is 0. The van der Waals surface area contributed by atoms with Crippen LogP contribution in [0.5, 0.6) is 0 Å². The van der Waals surface area contributed by atoms with Crippen LogP contribution in [0.15, 0.2) is 18.2 Å². The van der Waals surface area contributed by atoms with Crippen molar-refractivity contribution in [1.82, 2.24) is 0 Å². The number of hydrogen-bond acceptors (Lipinski definition) is 4. The van der Waals surface area contributed by atoms with Crippen LogP contribution in [0.3, 0.4) is 0 Å². The van der Waals surface area contributed by atoms with Crippen LogP contribution in [0.4, 0.5) is 11.4 Å². The fraction of sp³-hybridized carbons (Fsp3) is 0.462. The van der Waals surface area contributed by atoms with E-state index < -0.39 is 10.9 Å². The van der Waals surface area contributed by atoms with Gasteiger partial charge in [-0.15, -0.1) is 0 Å². The first-order valence-corrected chi connectivity index (χ1v) is 6.22. The average molecular weight is 264 g/mol. The van der Waals surface area contributed by atoms with Crippen LogP contribution in [-0.4, -0.2) is 28.6 Å². The second kappa shape index (κ2) is 5.26. The zero-order chi connectivity index (χ0) is 14.0. The average Bonchev–Trinajstić information content (AvgIpc) is 2.75. The van der Waals surface area contributed by atoms with Crippen molar-refractivity contribution in [2.24, 2.45) is 0 Å². The molecule has 1 atom stereocenters. The van der Waals surface area contributed by atoms with Gasteiger partial charge in [0.15, 0.2) is 0 Å². The van der Waals surface area contributed by atoms with E-state index in [0.29, 0.717) is 12.2 Å². The van der Waals surface area contributed by atoms with E-state index >= 15 is 0 Å². The third-order valence-corrected chi connectivity index (χ3v) is 3.42. The summed E-state index contributed by atoms with van der Waals surface area (Å²) in [6.07, 6.45) is 1.64. The van der Waals surface area contributed by atoms with Crippen molar-refractivity contribution in [3.8, 4) is 0 Å². The van der Waals surface area contributed by atoms with Crippen LogP contribution in [0.1, 0.15) is 24.8 Å². The molecule has 0 aliphatic carbocycles. The molecule has 1 N–H and O–H groups in total. The van der Waals surface area contributed by atoms with Gasteiger partial charge in [0.1, 0.15) is 5.69 Å². The molecular weight excluding hydrogens is 248 g/mol. The van der Waals surface area contributed by atoms with Gasteiger partial charge in [-0.1, -0.05) is 6.07 Å². The van der Waals surface area contributed by atoms with Gasteiger partial charge in [-0.3, -0.25) is 14.9 Å². The molecule has 0 amide bonds. The number of hydrogen-bond donors (Lipinski definition) is 1. The highest BCUT2D eigenvalue weighted by Crippen LogP contribution is 2.35. The lowest BCUT2D eigenvalue weighted by Gasteiger charge is -2.25. The van der Waals surface area contributed by atoms with Gasteiger partial charge in [-0.2, -0.15) is 0 Å². The summed E-state index contributed by atoms with van der Waals surface area (Å²) < 4.78 is 0. The number of carbonyl (C=O) groups is 1. The van der Waals surface area contributed by atoms with E-state index in [4.69, 9.17) is 5.11 Å². The van der Waals surface area contributed by atoms with Gasteiger partial charge >= 0.3 is 5.97 Å². The highest BCUT2D eigenvalue weighted by molar-refractivity contribution is 5.71. The Morgan fingerprint density at radius 1 is 1.58 bits per heavy atom. The molecule has 6 heteroatoms. The van der Waals surface area contributed by atoms with Crippen molar-refractivity contribution >= 4 is 17.3 Å². The molecule has 1 heterocycles. The number of carboxylic acids is 1. The van der Waals surface area contributed by atoms with Crippen LogP contribution >= 0.6 is 0 Å². The molecule has 0 spiro atoms. The normalized spacial score (nSPS) is 18.6. The number of anilines is 1. The first kappa shape index (κ1) is 13.3. The lowest BCUT2D eigenvalue weighted by Crippen LogP contribution is -2.31. The van der Waals surface area contributed by atoms with Crippen molar-refractivity contribution in [2.75, 3.05) is 11.4 Å². The monoisotopic (exact) mass is 264 g/mol. The Morgan fingerprint density at radius 3 is 2.95 bits per heavy atom. The van der Waals surface area contributed by atoms with Crippen LogP contribution < -0.4 is 4.90 Å². The highest BCUT2D eigenvalue weighted by atomic mass is 16.6. The minimum Gasteiger partial charge on any atom is -0.481 e. The Morgan fingerprint density at radius 2 is 2.32 bits per heavy atom. The Kier molecular flexibility index (Phi) is 3.69. The number of nitrogens with zero attached hydrogens (tertiary/aromatic N) is 2. The second-order valence-electron chi connectivity index (χ2n) is 4.84. The molecule has 1 aromatic carbocycles. The maximum Gasteiger partial charge on any atom is 0.305 e. The fourth-order valence-corrected chi connectivity index (χ4v) is 2.58. The van der Waals surface area contributed by atoms with E-state index in [1.165, 1.54) is 6.07 Å². The predicted molar refractivity (Wildman–Crippen MR) is 70.5 cm³/mol. The minimum atomic E-state index is -0.868. The Hall–Kier alpha value is -2.11. The van der Waals surface area contributed by atoms with Gasteiger partial charge in [0.05, 0.1) is 11.3 Å². The zero-order valence-corrected chi connectivity index (χ0v) is 10.7. The summed E-state index contributed by atoms with van der Waals surface area (Å²) in [6.45, 7) is 2.54. The van der Waals surface area contributed by atoms with Crippen molar-refractivity contribution in [3.05, 3.63) is 33.9 Å². The first-order chi connectivity index (χ1) is 8.99. The van der Waals surface area contributed by atoms with Gasteiger partial charge in [-0.05, 0) is 31.4 Å². The van der Waals surface area contributed by atoms with E-state index in [9.17, 15) is 14.9 Å². The summed E-state index contributed by atoms with van der Waals surface area (Å²) in [5, 5.41) is 20.0. The Bertz CT molecular complexity index is 515. The van der Waals surface area contributed by atoms with E-state index in [1.54, 1.807) is 12.1 Å². The van der Waals surface area contributed by atoms with Crippen molar-refractivity contribution in [2.45, 2.75) is 32.2 Å². The molecule has 1 aromatic rings. The third-order valence-electron chi connectivity index (χ3n) is 3.42. The predicted octanol–water partition coefficient (Wildman–Crippen LogP) is 2.35. The summed E-state index contributed by atoms with van der Waals surface area (Å²) in [5.74, 6) is -0.868. The molecule has 19 heavy (non-hydrogen) atoms. The van der Waals surface area contributed by atoms with Crippen molar-refractivity contribution in [1.29, 1.82) is 0 Å². The maximum absolute atomic E-state index is 11.1. The van der Waals surface area contributed by atoms with Crippen LogP contribution in [0.25, 0.3) is 0 Å². The fourth-order valence-electron chi connectivity index (χ4n) is 2.58. The van der Waals surface area contributed by atoms with E-state index in [1.807, 2.05) is 11.8 Å². The molecule has 1 saturated heterocycles. The molecule has 6 nitrogen and oxygen atoms in total. The molecular formula is C13H16N2O4. The van der Waals surface area contributed by atoms with Gasteiger partial charge in [0.25, 0.3) is 5.69 Å². The largest absolute Gasteiger partial charge is 0.481 e. The smallest absolute Gasteiger partial charge is 0.305 e. The molecule has 1 aliphatic rings. The van der Waals surface area contributed by atoms with Gasteiger partial charge in [-0.25, -0.2) is 0 Å². The third kappa shape index (κ3) is 2.83. The van der Waals surface area contributed by atoms with Crippen LogP contribution in [0, 0.1) is 17.0 Å². The second-order valence-corrected chi connectivity index (χ2v) is 4.84. The maximum atomic E-state index is 11.1. The summed E-state index contributed by atoms with van der Waals surface area (Å²) in [4.78, 5) is 23.4. The van der Waals surface area contributed by atoms with E-state index in [2.05, 4.69) is 0 Å². The minimum absolute atomic E-state index is 0.0189. The van der Waals surface area contributed by atoms with Gasteiger partial charge in [0, 0.05) is 18.7 Å². The van der Waals surface area contributed by atoms with Crippen LogP contribution in [0.2, 0.25) is 0 Å². The number of rotatable bonds is 4. The summed E-state index contributed by atoms with van der Waals surface area (Å²) in [7, 11) is 0. The molecule has 1 fully saturated rings. The topological polar surface area (TPSA) is 83.7 Å². The number of nitro benzene ring substituents is 1. The number of carboxylic acid groups (broad SMARTS) is 1. The number of nitro groups is 1. The molecule has 1 unspecified atom stereocenters. The Balaban J connectivity index is 2.36. The lowest BCUT2D eigenvalue weighted by molar-refractivity contribution is -0.384. The standard InChI is InChI=1S/C13H16N2O4/c1-9-4-5-11(15(18)19)12(7-9)14-6-2-3-10(14)8-13(16)17/h4-5,7,10H,2-3,6,8H2,1H3,(H,16,17).